The van der Waals surface area contributed by atoms with Crippen LogP contribution in [0, 0.1) is 0 Å². The number of aliphatic hydroxyl groups is 1. The maximum Gasteiger partial charge on any atom is 0.408 e. The van der Waals surface area contributed by atoms with E-state index in [4.69, 9.17) is 9.84 Å². The highest BCUT2D eigenvalue weighted by Gasteiger charge is 2.26. The van der Waals surface area contributed by atoms with E-state index >= 15 is 0 Å². The molecule has 0 heterocycles. The normalized spacial score (nSPS) is 13.6. The third kappa shape index (κ3) is 7.31. The first-order valence-electron chi connectivity index (χ1n) is 6.25. The Morgan fingerprint density at radius 2 is 1.86 bits per heavy atom. The fourth-order valence-electron chi connectivity index (χ4n) is 1.24. The van der Waals surface area contributed by atoms with Crippen molar-refractivity contribution in [2.45, 2.75) is 38.5 Å². The van der Waals surface area contributed by atoms with Gasteiger partial charge in [-0.2, -0.15) is 0 Å². The molecule has 0 aromatic rings. The van der Waals surface area contributed by atoms with Crippen LogP contribution in [0.2, 0.25) is 0 Å². The summed E-state index contributed by atoms with van der Waals surface area (Å²) in [5, 5.41) is 13.6. The van der Waals surface area contributed by atoms with Crippen LogP contribution in [0.3, 0.4) is 0 Å². The highest BCUT2D eigenvalue weighted by molar-refractivity contribution is 5.90. The van der Waals surface area contributed by atoms with Gasteiger partial charge in [0.1, 0.15) is 17.7 Å². The molecule has 21 heavy (non-hydrogen) atoms. The lowest BCUT2D eigenvalue weighted by Gasteiger charge is -2.23. The summed E-state index contributed by atoms with van der Waals surface area (Å²) in [5.74, 6) is -1.48. The van der Waals surface area contributed by atoms with Crippen molar-refractivity contribution >= 4 is 18.0 Å². The van der Waals surface area contributed by atoms with Crippen LogP contribution in [0.5, 0.6) is 0 Å². The van der Waals surface area contributed by atoms with Gasteiger partial charge in [0.15, 0.2) is 0 Å². The minimum absolute atomic E-state index is 0.657. The number of hydrogen-bond donors (Lipinski definition) is 3. The van der Waals surface area contributed by atoms with Crippen molar-refractivity contribution in [3.63, 3.8) is 0 Å². The van der Waals surface area contributed by atoms with Crippen molar-refractivity contribution in [1.29, 1.82) is 0 Å². The molecule has 0 unspecified atom stereocenters. The Hall–Kier alpha value is -2.09. The second-order valence-corrected chi connectivity index (χ2v) is 5.13. The summed E-state index contributed by atoms with van der Waals surface area (Å²) in [7, 11) is 1.16. The minimum Gasteiger partial charge on any atom is -0.467 e. The molecule has 8 heteroatoms. The molecule has 0 aromatic heterocycles. The zero-order valence-electron chi connectivity index (χ0n) is 12.6. The summed E-state index contributed by atoms with van der Waals surface area (Å²) < 4.78 is 9.43. The number of carbonyl (C=O) groups is 3. The Kier molecular flexibility index (Phi) is 7.43. The van der Waals surface area contributed by atoms with Crippen LogP contribution < -0.4 is 10.6 Å². The highest BCUT2D eigenvalue weighted by Crippen LogP contribution is 2.06. The van der Waals surface area contributed by atoms with Crippen LogP contribution in [-0.4, -0.2) is 54.5 Å². The zero-order chi connectivity index (χ0) is 16.6. The lowest BCUT2D eigenvalue weighted by molar-refractivity contribution is -0.143. The number of esters is 1. The van der Waals surface area contributed by atoms with Crippen molar-refractivity contribution < 1.29 is 29.0 Å². The van der Waals surface area contributed by atoms with E-state index in [1.54, 1.807) is 20.8 Å². The van der Waals surface area contributed by atoms with E-state index in [1.807, 2.05) is 0 Å². The molecule has 3 N–H and O–H groups in total. The van der Waals surface area contributed by atoms with Crippen LogP contribution in [0.25, 0.3) is 0 Å². The van der Waals surface area contributed by atoms with Gasteiger partial charge in [-0.1, -0.05) is 6.08 Å². The van der Waals surface area contributed by atoms with E-state index in [0.29, 0.717) is 0 Å². The summed E-state index contributed by atoms with van der Waals surface area (Å²) in [6.45, 7) is 7.71. The van der Waals surface area contributed by atoms with Crippen molar-refractivity contribution in [2.24, 2.45) is 0 Å². The fourth-order valence-corrected chi connectivity index (χ4v) is 1.24. The molecule has 0 aromatic carbocycles. The second kappa shape index (κ2) is 8.25. The van der Waals surface area contributed by atoms with Crippen molar-refractivity contribution in [2.75, 3.05) is 13.7 Å². The maximum absolute atomic E-state index is 11.9. The number of methoxy groups -OCH3 is 1. The molecule has 0 aliphatic carbocycles. The van der Waals surface area contributed by atoms with Gasteiger partial charge in [-0.3, -0.25) is 4.79 Å². The molecule has 120 valence electrons. The standard InChI is InChI=1S/C13H22N2O6/c1-6-8(11(18)20-5)14-10(17)9(7-16)15-12(19)21-13(2,3)4/h6,8-9,16H,1,7H2,2-5H3,(H,14,17)(H,15,19)/t8-,9+/m0/s1. The Morgan fingerprint density at radius 1 is 1.29 bits per heavy atom. The molecule has 0 aliphatic heterocycles. The Balaban J connectivity index is 4.65. The average Bonchev–Trinajstić information content (AvgIpc) is 2.38. The first kappa shape index (κ1) is 18.9. The predicted molar refractivity (Wildman–Crippen MR) is 74.4 cm³/mol. The third-order valence-corrected chi connectivity index (χ3v) is 2.18. The smallest absolute Gasteiger partial charge is 0.408 e. The molecule has 8 nitrogen and oxygen atoms in total. The summed E-state index contributed by atoms with van der Waals surface area (Å²) in [6.07, 6.45) is 0.316. The topological polar surface area (TPSA) is 114 Å². The van der Waals surface area contributed by atoms with Gasteiger partial charge in [0.2, 0.25) is 5.91 Å². The molecule has 0 bridgehead atoms. The van der Waals surface area contributed by atoms with Gasteiger partial charge in [0.25, 0.3) is 0 Å². The van der Waals surface area contributed by atoms with Crippen molar-refractivity contribution in [3.05, 3.63) is 12.7 Å². The van der Waals surface area contributed by atoms with Crippen LogP contribution >= 0.6 is 0 Å². The molecule has 2 atom stereocenters. The number of nitrogens with one attached hydrogen (secondary N) is 2. The molecular formula is C13H22N2O6. The molecular weight excluding hydrogens is 280 g/mol. The Bertz CT molecular complexity index is 402. The Labute approximate surface area is 123 Å². The summed E-state index contributed by atoms with van der Waals surface area (Å²) >= 11 is 0. The van der Waals surface area contributed by atoms with Crippen LogP contribution in [0.1, 0.15) is 20.8 Å². The van der Waals surface area contributed by atoms with E-state index < -0.39 is 42.3 Å². The quantitative estimate of drug-likeness (QED) is 0.459. The SMILES string of the molecule is C=C[C@H](NC(=O)[C@@H](CO)NC(=O)OC(C)(C)C)C(=O)OC. The number of carbonyl (C=O) groups excluding carboxylic acids is 3. The van der Waals surface area contributed by atoms with E-state index in [0.717, 1.165) is 7.11 Å². The van der Waals surface area contributed by atoms with Crippen molar-refractivity contribution in [3.8, 4) is 0 Å². The van der Waals surface area contributed by atoms with Gasteiger partial charge in [-0.05, 0) is 20.8 Å². The predicted octanol–water partition coefficient (Wildman–Crippen LogP) is -0.284. The second-order valence-electron chi connectivity index (χ2n) is 5.13. The summed E-state index contributed by atoms with van der Waals surface area (Å²) in [6, 6.07) is -2.33. The molecule has 0 aliphatic rings. The van der Waals surface area contributed by atoms with Crippen molar-refractivity contribution in [1.82, 2.24) is 10.6 Å². The number of ether oxygens (including phenoxy) is 2. The van der Waals surface area contributed by atoms with Crippen LogP contribution in [-0.2, 0) is 19.1 Å². The molecule has 0 spiro atoms. The van der Waals surface area contributed by atoms with Gasteiger partial charge in [-0.25, -0.2) is 9.59 Å². The fraction of sp³-hybridized carbons (Fsp3) is 0.615. The van der Waals surface area contributed by atoms with Crippen LogP contribution in [0.4, 0.5) is 4.79 Å². The Morgan fingerprint density at radius 3 is 2.24 bits per heavy atom. The molecule has 0 radical (unpaired) electrons. The number of rotatable bonds is 6. The monoisotopic (exact) mass is 302 g/mol. The van der Waals surface area contributed by atoms with E-state index in [9.17, 15) is 14.4 Å². The van der Waals surface area contributed by atoms with E-state index in [-0.39, 0.29) is 0 Å². The van der Waals surface area contributed by atoms with Crippen LogP contribution in [0.15, 0.2) is 12.7 Å². The van der Waals surface area contributed by atoms with Gasteiger partial charge in [-0.15, -0.1) is 6.58 Å². The molecule has 0 rings (SSSR count). The van der Waals surface area contributed by atoms with Gasteiger partial charge < -0.3 is 25.2 Å². The van der Waals surface area contributed by atoms with Gasteiger partial charge in [0, 0.05) is 0 Å². The summed E-state index contributed by atoms with van der Waals surface area (Å²) in [5.41, 5.74) is -0.740. The first-order valence-corrected chi connectivity index (χ1v) is 6.25. The number of hydrogen-bond acceptors (Lipinski definition) is 6. The maximum atomic E-state index is 11.9. The molecule has 0 saturated carbocycles. The molecule has 0 fully saturated rings. The minimum atomic E-state index is -1.26. The lowest BCUT2D eigenvalue weighted by atomic mass is 10.2. The number of amides is 2. The van der Waals surface area contributed by atoms with Gasteiger partial charge in [0.05, 0.1) is 13.7 Å². The summed E-state index contributed by atoms with van der Waals surface area (Å²) in [4.78, 5) is 34.7. The molecule has 0 saturated heterocycles. The zero-order valence-corrected chi connectivity index (χ0v) is 12.6. The highest BCUT2D eigenvalue weighted by atomic mass is 16.6. The van der Waals surface area contributed by atoms with Gasteiger partial charge >= 0.3 is 12.1 Å². The van der Waals surface area contributed by atoms with E-state index in [1.165, 1.54) is 6.08 Å². The number of aliphatic hydroxyl groups excluding tert-OH is 1. The lowest BCUT2D eigenvalue weighted by Crippen LogP contribution is -2.53. The largest absolute Gasteiger partial charge is 0.467 e. The average molecular weight is 302 g/mol. The number of alkyl carbamates (subject to hydrolysis) is 1. The first-order chi connectivity index (χ1) is 9.64. The molecule has 2 amide bonds. The third-order valence-electron chi connectivity index (χ3n) is 2.18. The van der Waals surface area contributed by atoms with E-state index in [2.05, 4.69) is 21.9 Å².